The molecule has 0 saturated heterocycles. The molecule has 0 aliphatic carbocycles. The van der Waals surface area contributed by atoms with Crippen LogP contribution in [0.25, 0.3) is 0 Å². The van der Waals surface area contributed by atoms with Crippen LogP contribution < -0.4 is 11.1 Å². The van der Waals surface area contributed by atoms with Gasteiger partial charge < -0.3 is 11.1 Å². The zero-order valence-corrected chi connectivity index (χ0v) is 10.4. The number of pyridine rings is 1. The third kappa shape index (κ3) is 5.45. The maximum absolute atomic E-state index is 11.6. The zero-order chi connectivity index (χ0) is 12.5. The summed E-state index contributed by atoms with van der Waals surface area (Å²) in [5, 5.41) is 2.96. The number of carbonyl (C=O) groups is 1. The van der Waals surface area contributed by atoms with E-state index < -0.39 is 0 Å². The molecule has 1 amide bonds. The van der Waals surface area contributed by atoms with Crippen LogP contribution in [-0.4, -0.2) is 17.4 Å². The molecular formula is C13H21N3O. The minimum atomic E-state index is 0.0192. The summed E-state index contributed by atoms with van der Waals surface area (Å²) in [6, 6.07) is 3.86. The molecule has 4 nitrogen and oxygen atoms in total. The lowest BCUT2D eigenvalue weighted by molar-refractivity contribution is -0.121. The largest absolute Gasteiger partial charge is 0.350 e. The van der Waals surface area contributed by atoms with Crippen molar-refractivity contribution in [3.05, 3.63) is 30.1 Å². The van der Waals surface area contributed by atoms with E-state index in [9.17, 15) is 4.79 Å². The van der Waals surface area contributed by atoms with Gasteiger partial charge in [0.1, 0.15) is 0 Å². The highest BCUT2D eigenvalue weighted by Gasteiger charge is 2.08. The third-order valence-corrected chi connectivity index (χ3v) is 2.67. The molecule has 1 aromatic rings. The van der Waals surface area contributed by atoms with Gasteiger partial charge in [-0.15, -0.1) is 0 Å². The van der Waals surface area contributed by atoms with Crippen molar-refractivity contribution in [2.45, 2.75) is 38.6 Å². The minimum Gasteiger partial charge on any atom is -0.350 e. The lowest BCUT2D eigenvalue weighted by Crippen LogP contribution is -2.26. The molecule has 0 aliphatic rings. The Morgan fingerprint density at radius 2 is 2.29 bits per heavy atom. The Hall–Kier alpha value is -1.42. The normalized spacial score (nSPS) is 12.1. The van der Waals surface area contributed by atoms with Gasteiger partial charge in [-0.05, 0) is 37.9 Å². The van der Waals surface area contributed by atoms with Gasteiger partial charge in [-0.1, -0.05) is 12.5 Å². The Morgan fingerprint density at radius 3 is 2.94 bits per heavy atom. The molecule has 1 rings (SSSR count). The van der Waals surface area contributed by atoms with Crippen LogP contribution >= 0.6 is 0 Å². The molecule has 3 N–H and O–H groups in total. The molecule has 0 aromatic carbocycles. The van der Waals surface area contributed by atoms with E-state index in [4.69, 9.17) is 5.73 Å². The summed E-state index contributed by atoms with van der Waals surface area (Å²) >= 11 is 0. The Labute approximate surface area is 103 Å². The van der Waals surface area contributed by atoms with Crippen molar-refractivity contribution in [3.8, 4) is 0 Å². The average Bonchev–Trinajstić information content (AvgIpc) is 2.36. The maximum atomic E-state index is 11.6. The monoisotopic (exact) mass is 235 g/mol. The second-order valence-corrected chi connectivity index (χ2v) is 4.17. The topological polar surface area (TPSA) is 68.0 Å². The molecule has 0 radical (unpaired) electrons. The molecular weight excluding hydrogens is 214 g/mol. The highest BCUT2D eigenvalue weighted by atomic mass is 16.1. The van der Waals surface area contributed by atoms with Crippen molar-refractivity contribution in [1.29, 1.82) is 0 Å². The summed E-state index contributed by atoms with van der Waals surface area (Å²) in [4.78, 5) is 15.7. The lowest BCUT2D eigenvalue weighted by atomic mass is 10.1. The number of nitrogens with zero attached hydrogens (tertiary/aromatic N) is 1. The number of nitrogens with two attached hydrogens (primary N) is 1. The van der Waals surface area contributed by atoms with Crippen LogP contribution in [-0.2, 0) is 4.79 Å². The van der Waals surface area contributed by atoms with Crippen molar-refractivity contribution < 1.29 is 4.79 Å². The van der Waals surface area contributed by atoms with E-state index in [-0.39, 0.29) is 11.9 Å². The second-order valence-electron chi connectivity index (χ2n) is 4.17. The maximum Gasteiger partial charge on any atom is 0.220 e. The summed E-state index contributed by atoms with van der Waals surface area (Å²) in [6.07, 6.45) is 6.99. The summed E-state index contributed by atoms with van der Waals surface area (Å²) in [5.74, 6) is 0.0957. The van der Waals surface area contributed by atoms with Crippen LogP contribution in [0.15, 0.2) is 24.5 Å². The van der Waals surface area contributed by atoms with Crippen LogP contribution in [0.2, 0.25) is 0 Å². The number of hydrogen-bond donors (Lipinski definition) is 2. The molecule has 0 aliphatic heterocycles. The van der Waals surface area contributed by atoms with Crippen LogP contribution in [0.5, 0.6) is 0 Å². The fourth-order valence-electron chi connectivity index (χ4n) is 1.64. The van der Waals surface area contributed by atoms with Gasteiger partial charge in [-0.3, -0.25) is 9.78 Å². The number of hydrogen-bond acceptors (Lipinski definition) is 3. The predicted molar refractivity (Wildman–Crippen MR) is 68.3 cm³/mol. The molecule has 1 unspecified atom stereocenters. The summed E-state index contributed by atoms with van der Waals surface area (Å²) in [7, 11) is 0. The summed E-state index contributed by atoms with van der Waals surface area (Å²) in [6.45, 7) is 2.67. The molecule has 94 valence electrons. The number of rotatable bonds is 7. The minimum absolute atomic E-state index is 0.0192. The van der Waals surface area contributed by atoms with Gasteiger partial charge >= 0.3 is 0 Å². The highest BCUT2D eigenvalue weighted by molar-refractivity contribution is 5.76. The van der Waals surface area contributed by atoms with E-state index in [1.165, 1.54) is 0 Å². The van der Waals surface area contributed by atoms with E-state index >= 15 is 0 Å². The van der Waals surface area contributed by atoms with Crippen LogP contribution in [0.4, 0.5) is 0 Å². The van der Waals surface area contributed by atoms with Crippen molar-refractivity contribution >= 4 is 5.91 Å². The van der Waals surface area contributed by atoms with E-state index in [2.05, 4.69) is 10.3 Å². The lowest BCUT2D eigenvalue weighted by Gasteiger charge is -2.13. The van der Waals surface area contributed by atoms with Crippen molar-refractivity contribution in [2.75, 3.05) is 6.54 Å². The van der Waals surface area contributed by atoms with Crippen molar-refractivity contribution in [3.63, 3.8) is 0 Å². The fraction of sp³-hybridized carbons (Fsp3) is 0.538. The number of unbranched alkanes of at least 4 members (excludes halogenated alkanes) is 2. The Morgan fingerprint density at radius 1 is 1.47 bits per heavy atom. The third-order valence-electron chi connectivity index (χ3n) is 2.67. The molecule has 1 aromatic heterocycles. The summed E-state index contributed by atoms with van der Waals surface area (Å²) in [5.41, 5.74) is 6.43. The van der Waals surface area contributed by atoms with Gasteiger partial charge in [-0.25, -0.2) is 0 Å². The molecule has 1 heterocycles. The van der Waals surface area contributed by atoms with Gasteiger partial charge in [-0.2, -0.15) is 0 Å². The Kier molecular flexibility index (Phi) is 6.25. The smallest absolute Gasteiger partial charge is 0.220 e. The average molecular weight is 235 g/mol. The molecule has 17 heavy (non-hydrogen) atoms. The van der Waals surface area contributed by atoms with Crippen LogP contribution in [0.3, 0.4) is 0 Å². The molecule has 0 bridgehead atoms. The van der Waals surface area contributed by atoms with E-state index in [1.807, 2.05) is 19.1 Å². The first kappa shape index (κ1) is 13.6. The Bertz CT molecular complexity index is 327. The van der Waals surface area contributed by atoms with Crippen molar-refractivity contribution in [1.82, 2.24) is 10.3 Å². The molecule has 1 atom stereocenters. The van der Waals surface area contributed by atoms with Gasteiger partial charge in [0.2, 0.25) is 5.91 Å². The number of amides is 1. The molecule has 0 fully saturated rings. The Balaban J connectivity index is 2.26. The number of nitrogens with one attached hydrogen (secondary N) is 1. The quantitative estimate of drug-likeness (QED) is 0.708. The molecule has 4 heteroatoms. The van der Waals surface area contributed by atoms with E-state index in [0.29, 0.717) is 13.0 Å². The van der Waals surface area contributed by atoms with Crippen LogP contribution in [0.1, 0.15) is 44.2 Å². The number of carbonyl (C=O) groups excluding carboxylic acids is 1. The first-order valence-electron chi connectivity index (χ1n) is 6.13. The summed E-state index contributed by atoms with van der Waals surface area (Å²) < 4.78 is 0. The highest BCUT2D eigenvalue weighted by Crippen LogP contribution is 2.10. The van der Waals surface area contributed by atoms with Crippen LogP contribution in [0, 0.1) is 0 Å². The zero-order valence-electron chi connectivity index (χ0n) is 10.4. The first-order chi connectivity index (χ1) is 8.24. The SMILES string of the molecule is CC(NC(=O)CCCCCN)c1cccnc1. The van der Waals surface area contributed by atoms with Gasteiger partial charge in [0.05, 0.1) is 6.04 Å². The van der Waals surface area contributed by atoms with Gasteiger partial charge in [0.15, 0.2) is 0 Å². The van der Waals surface area contributed by atoms with Gasteiger partial charge in [0, 0.05) is 18.8 Å². The number of aromatic nitrogens is 1. The molecule has 0 saturated carbocycles. The second kappa shape index (κ2) is 7.79. The van der Waals surface area contributed by atoms with Crippen molar-refractivity contribution in [2.24, 2.45) is 5.73 Å². The van der Waals surface area contributed by atoms with Gasteiger partial charge in [0.25, 0.3) is 0 Å². The molecule has 0 spiro atoms. The predicted octanol–water partition coefficient (Wildman–Crippen LogP) is 1.78. The standard InChI is InChI=1S/C13H21N3O/c1-11(12-6-5-9-15-10-12)16-13(17)7-3-2-4-8-14/h5-6,9-11H,2-4,7-8,14H2,1H3,(H,16,17). The fourth-order valence-corrected chi connectivity index (χ4v) is 1.64. The van der Waals surface area contributed by atoms with E-state index in [1.54, 1.807) is 12.4 Å². The first-order valence-corrected chi connectivity index (χ1v) is 6.13. The van der Waals surface area contributed by atoms with E-state index in [0.717, 1.165) is 24.8 Å².